The second kappa shape index (κ2) is 10.6. The standard InChI is InChI=1S/C25H27F2N5O3S/c1-13-5-10-19(18(27)11-13)30-23-21(24(33)29-15-6-7-15)22(14(2)25(34)32(23)4)35-16-8-9-17(26)20(12-16)31-36-28-3/h5,8-12,15,28,30-31H,6-7H2,1-4H3,(H,29,33). The van der Waals surface area contributed by atoms with Gasteiger partial charge in [0.15, 0.2) is 5.75 Å². The highest BCUT2D eigenvalue weighted by Crippen LogP contribution is 2.36. The maximum absolute atomic E-state index is 14.7. The molecule has 0 spiro atoms. The molecule has 4 rings (SSSR count). The van der Waals surface area contributed by atoms with Crippen LogP contribution >= 0.6 is 12.1 Å². The predicted molar refractivity (Wildman–Crippen MR) is 138 cm³/mol. The van der Waals surface area contributed by atoms with E-state index in [1.54, 1.807) is 27.0 Å². The molecular formula is C25H27F2N5O3S. The Morgan fingerprint density at radius 2 is 1.83 bits per heavy atom. The van der Waals surface area contributed by atoms with Crippen molar-refractivity contribution in [3.05, 3.63) is 75.1 Å². The smallest absolute Gasteiger partial charge is 0.259 e. The third-order valence-corrected chi connectivity index (χ3v) is 6.23. The van der Waals surface area contributed by atoms with Gasteiger partial charge in [0.25, 0.3) is 11.5 Å². The number of rotatable bonds is 9. The Hall–Kier alpha value is -3.57. The zero-order valence-electron chi connectivity index (χ0n) is 20.3. The molecule has 3 aromatic rings. The average Bonchev–Trinajstić information content (AvgIpc) is 3.66. The van der Waals surface area contributed by atoms with Crippen molar-refractivity contribution in [2.45, 2.75) is 32.7 Å². The summed E-state index contributed by atoms with van der Waals surface area (Å²) < 4.78 is 41.8. The van der Waals surface area contributed by atoms with Crippen LogP contribution in [0.3, 0.4) is 0 Å². The SMILES string of the molecule is CNSNc1cc(Oc2c(C(=O)NC3CC3)c(Nc3ccc(C)cc3F)n(C)c(=O)c2C)ccc1F. The lowest BCUT2D eigenvalue weighted by atomic mass is 10.1. The van der Waals surface area contributed by atoms with Crippen molar-refractivity contribution in [1.29, 1.82) is 0 Å². The molecular weight excluding hydrogens is 488 g/mol. The van der Waals surface area contributed by atoms with E-state index in [2.05, 4.69) is 20.1 Å². The molecule has 1 amide bonds. The molecule has 1 aromatic heterocycles. The van der Waals surface area contributed by atoms with Crippen LogP contribution in [0.25, 0.3) is 0 Å². The molecule has 1 heterocycles. The molecule has 36 heavy (non-hydrogen) atoms. The molecule has 190 valence electrons. The summed E-state index contributed by atoms with van der Waals surface area (Å²) >= 11 is 1.07. The van der Waals surface area contributed by atoms with Crippen molar-refractivity contribution in [3.63, 3.8) is 0 Å². The van der Waals surface area contributed by atoms with Gasteiger partial charge in [-0.25, -0.2) is 13.5 Å². The lowest BCUT2D eigenvalue weighted by Crippen LogP contribution is -2.31. The van der Waals surface area contributed by atoms with Crippen LogP contribution < -0.4 is 30.4 Å². The van der Waals surface area contributed by atoms with Gasteiger partial charge in [0.05, 0.1) is 16.9 Å². The molecule has 0 bridgehead atoms. The fraction of sp³-hybridized carbons (Fsp3) is 0.280. The second-order valence-corrected chi connectivity index (χ2v) is 9.37. The zero-order chi connectivity index (χ0) is 26.0. The quantitative estimate of drug-likeness (QED) is 0.301. The summed E-state index contributed by atoms with van der Waals surface area (Å²) in [7, 11) is 3.17. The number of hydrogen-bond donors (Lipinski definition) is 4. The summed E-state index contributed by atoms with van der Waals surface area (Å²) in [4.78, 5) is 26.5. The van der Waals surface area contributed by atoms with E-state index in [4.69, 9.17) is 4.74 Å². The summed E-state index contributed by atoms with van der Waals surface area (Å²) in [6.45, 7) is 3.30. The highest BCUT2D eigenvalue weighted by atomic mass is 32.2. The van der Waals surface area contributed by atoms with Gasteiger partial charge in [-0.15, -0.1) is 0 Å². The number of halogens is 2. The van der Waals surface area contributed by atoms with Crippen molar-refractivity contribution < 1.29 is 18.3 Å². The van der Waals surface area contributed by atoms with Crippen LogP contribution in [-0.4, -0.2) is 23.6 Å². The summed E-state index contributed by atoms with van der Waals surface area (Å²) in [5, 5.41) is 5.83. The average molecular weight is 516 g/mol. The van der Waals surface area contributed by atoms with Gasteiger partial charge in [-0.2, -0.15) is 0 Å². The van der Waals surface area contributed by atoms with Crippen LogP contribution in [0.5, 0.6) is 11.5 Å². The maximum Gasteiger partial charge on any atom is 0.259 e. The van der Waals surface area contributed by atoms with E-state index < -0.39 is 23.1 Å². The van der Waals surface area contributed by atoms with Crippen LogP contribution in [0.15, 0.2) is 41.2 Å². The van der Waals surface area contributed by atoms with Crippen molar-refractivity contribution in [1.82, 2.24) is 14.6 Å². The lowest BCUT2D eigenvalue weighted by molar-refractivity contribution is 0.0948. The first kappa shape index (κ1) is 25.5. The predicted octanol–water partition coefficient (Wildman–Crippen LogP) is 4.90. The van der Waals surface area contributed by atoms with Gasteiger partial charge in [0, 0.05) is 31.3 Å². The number of nitrogens with zero attached hydrogens (tertiary/aromatic N) is 1. The summed E-state index contributed by atoms with van der Waals surface area (Å²) in [5.74, 6) is -1.21. The van der Waals surface area contributed by atoms with Gasteiger partial charge >= 0.3 is 0 Å². The molecule has 8 nitrogen and oxygen atoms in total. The Kier molecular flexibility index (Phi) is 7.51. The first-order chi connectivity index (χ1) is 17.2. The minimum Gasteiger partial charge on any atom is -0.456 e. The third-order valence-electron chi connectivity index (χ3n) is 5.70. The molecule has 1 saturated carbocycles. The minimum atomic E-state index is -0.532. The highest BCUT2D eigenvalue weighted by Gasteiger charge is 2.30. The number of carbonyl (C=O) groups is 1. The Morgan fingerprint density at radius 1 is 1.08 bits per heavy atom. The Labute approximate surface area is 211 Å². The van der Waals surface area contributed by atoms with Gasteiger partial charge < -0.3 is 20.1 Å². The van der Waals surface area contributed by atoms with Crippen LogP contribution in [0.2, 0.25) is 0 Å². The number of benzene rings is 2. The fourth-order valence-electron chi connectivity index (χ4n) is 3.60. The van der Waals surface area contributed by atoms with Crippen LogP contribution in [-0.2, 0) is 7.05 Å². The first-order valence-electron chi connectivity index (χ1n) is 11.3. The Morgan fingerprint density at radius 3 is 2.50 bits per heavy atom. The third kappa shape index (κ3) is 5.47. The van der Waals surface area contributed by atoms with Crippen LogP contribution in [0.4, 0.5) is 26.0 Å². The van der Waals surface area contributed by atoms with E-state index >= 15 is 0 Å². The van der Waals surface area contributed by atoms with Gasteiger partial charge in [-0.3, -0.25) is 14.2 Å². The molecule has 0 unspecified atom stereocenters. The van der Waals surface area contributed by atoms with E-state index in [-0.39, 0.29) is 45.9 Å². The van der Waals surface area contributed by atoms with Gasteiger partial charge in [-0.1, -0.05) is 6.07 Å². The molecule has 0 atom stereocenters. The normalized spacial score (nSPS) is 12.8. The number of amides is 1. The minimum absolute atomic E-state index is 0.00472. The molecule has 11 heteroatoms. The van der Waals surface area contributed by atoms with Crippen molar-refractivity contribution in [2.24, 2.45) is 7.05 Å². The Balaban J connectivity index is 1.84. The van der Waals surface area contributed by atoms with E-state index in [9.17, 15) is 18.4 Å². The number of anilines is 3. The first-order valence-corrected chi connectivity index (χ1v) is 12.1. The molecule has 4 N–H and O–H groups in total. The highest BCUT2D eigenvalue weighted by molar-refractivity contribution is 7.98. The molecule has 0 radical (unpaired) electrons. The van der Waals surface area contributed by atoms with E-state index in [1.807, 2.05) is 0 Å². The van der Waals surface area contributed by atoms with E-state index in [1.165, 1.54) is 41.9 Å². The fourth-order valence-corrected chi connectivity index (χ4v) is 3.97. The molecule has 1 aliphatic rings. The van der Waals surface area contributed by atoms with Gasteiger partial charge in [0.2, 0.25) is 0 Å². The molecule has 0 aliphatic heterocycles. The monoisotopic (exact) mass is 515 g/mol. The number of aryl methyl sites for hydroxylation is 1. The van der Waals surface area contributed by atoms with Crippen molar-refractivity contribution in [2.75, 3.05) is 17.1 Å². The van der Waals surface area contributed by atoms with Gasteiger partial charge in [0.1, 0.15) is 28.8 Å². The zero-order valence-corrected chi connectivity index (χ0v) is 21.1. The second-order valence-electron chi connectivity index (χ2n) is 8.55. The lowest BCUT2D eigenvalue weighted by Gasteiger charge is -2.21. The van der Waals surface area contributed by atoms with Crippen molar-refractivity contribution in [3.8, 4) is 11.5 Å². The molecule has 0 saturated heterocycles. The Bertz CT molecular complexity index is 1370. The number of aromatic nitrogens is 1. The van der Waals surface area contributed by atoms with E-state index in [0.29, 0.717) is 0 Å². The maximum atomic E-state index is 14.7. The molecule has 2 aromatic carbocycles. The largest absolute Gasteiger partial charge is 0.456 e. The number of hydrogen-bond acceptors (Lipinski definition) is 7. The number of pyridine rings is 1. The van der Waals surface area contributed by atoms with Gasteiger partial charge in [-0.05, 0) is 63.6 Å². The molecule has 1 fully saturated rings. The molecule has 1 aliphatic carbocycles. The topological polar surface area (TPSA) is 96.4 Å². The van der Waals surface area contributed by atoms with Crippen LogP contribution in [0.1, 0.15) is 34.3 Å². The number of ether oxygens (including phenoxy) is 1. The van der Waals surface area contributed by atoms with E-state index in [0.717, 1.165) is 30.5 Å². The summed E-state index contributed by atoms with van der Waals surface area (Å²) in [5.41, 5.74) is 0.764. The number of nitrogens with one attached hydrogen (secondary N) is 4. The summed E-state index contributed by atoms with van der Waals surface area (Å²) in [6, 6.07) is 8.67. The van der Waals surface area contributed by atoms with Crippen molar-refractivity contribution >= 4 is 35.2 Å². The van der Waals surface area contributed by atoms with Crippen LogP contribution in [0, 0.1) is 25.5 Å². The summed E-state index contributed by atoms with van der Waals surface area (Å²) in [6.07, 6.45) is 1.69. The number of carbonyl (C=O) groups excluding carboxylic acids is 1.